The molecule has 0 heterocycles. The van der Waals surface area contributed by atoms with Gasteiger partial charge < -0.3 is 14.4 Å². The molecule has 0 aliphatic carbocycles. The summed E-state index contributed by atoms with van der Waals surface area (Å²) in [7, 11) is 2.18. The van der Waals surface area contributed by atoms with Gasteiger partial charge in [0.05, 0.1) is 0 Å². The fourth-order valence-corrected chi connectivity index (χ4v) is 7.33. The van der Waals surface area contributed by atoms with Crippen molar-refractivity contribution in [2.75, 3.05) is 46.4 Å². The lowest BCUT2D eigenvalue weighted by Crippen LogP contribution is -2.36. The van der Waals surface area contributed by atoms with Gasteiger partial charge in [-0.25, -0.2) is 4.79 Å². The Labute approximate surface area is 363 Å². The number of likely N-dealkylation sites (N-methyl/N-ethyl adjacent to an activating group) is 1. The van der Waals surface area contributed by atoms with Crippen LogP contribution in [-0.2, 0) is 9.47 Å². The van der Waals surface area contributed by atoms with E-state index in [1.165, 1.54) is 167 Å². The Balaban J connectivity index is 4.59. The Kier molecular flexibility index (Phi) is 46.3. The van der Waals surface area contributed by atoms with Gasteiger partial charge in [0.15, 0.2) is 0 Å². The molecular formula is C53H100N2O3. The van der Waals surface area contributed by atoms with Gasteiger partial charge in [0.25, 0.3) is 0 Å². The molecule has 0 spiro atoms. The van der Waals surface area contributed by atoms with Gasteiger partial charge in [-0.3, -0.25) is 4.90 Å². The van der Waals surface area contributed by atoms with Crippen LogP contribution in [0.3, 0.4) is 0 Å². The number of carbonyl (C=O) groups excluding carboxylic acids is 1. The van der Waals surface area contributed by atoms with Gasteiger partial charge in [0, 0.05) is 19.6 Å². The molecule has 58 heavy (non-hydrogen) atoms. The zero-order valence-electron chi connectivity index (χ0n) is 39.7. The molecular weight excluding hydrogens is 713 g/mol. The van der Waals surface area contributed by atoms with E-state index in [9.17, 15) is 4.79 Å². The van der Waals surface area contributed by atoms with Crippen molar-refractivity contribution in [1.82, 2.24) is 9.80 Å². The van der Waals surface area contributed by atoms with Gasteiger partial charge in [-0.1, -0.05) is 185 Å². The average Bonchev–Trinajstić information content (AvgIpc) is 3.23. The van der Waals surface area contributed by atoms with Gasteiger partial charge in [-0.05, 0) is 116 Å². The molecule has 0 saturated carbocycles. The summed E-state index contributed by atoms with van der Waals surface area (Å²) >= 11 is 0. The monoisotopic (exact) mass is 813 g/mol. The molecule has 0 N–H and O–H groups in total. The second kappa shape index (κ2) is 47.8. The minimum atomic E-state index is -0.463. The maximum absolute atomic E-state index is 13.0. The number of nitrogens with zero attached hydrogens (tertiary/aromatic N) is 2. The van der Waals surface area contributed by atoms with Crippen LogP contribution in [0.5, 0.6) is 0 Å². The fraction of sp³-hybridized carbons (Fsp3) is 0.830. The molecule has 0 aromatic heterocycles. The van der Waals surface area contributed by atoms with Crippen LogP contribution in [-0.4, -0.2) is 68.4 Å². The van der Waals surface area contributed by atoms with Crippen molar-refractivity contribution in [2.24, 2.45) is 0 Å². The average molecular weight is 813 g/mol. The summed E-state index contributed by atoms with van der Waals surface area (Å²) in [6.07, 6.45) is 57.9. The van der Waals surface area contributed by atoms with Crippen LogP contribution in [0.25, 0.3) is 0 Å². The molecule has 0 bridgehead atoms. The highest BCUT2D eigenvalue weighted by Gasteiger charge is 2.16. The van der Waals surface area contributed by atoms with Crippen molar-refractivity contribution < 1.29 is 14.3 Å². The first-order valence-electron chi connectivity index (χ1n) is 25.4. The smallest absolute Gasteiger partial charge is 0.433 e. The third-order valence-electron chi connectivity index (χ3n) is 11.5. The van der Waals surface area contributed by atoms with Crippen LogP contribution >= 0.6 is 0 Å². The lowest BCUT2D eigenvalue weighted by molar-refractivity contribution is 0.0116. The van der Waals surface area contributed by atoms with Crippen LogP contribution in [0, 0.1) is 0 Å². The number of rotatable bonds is 45. The Hall–Kier alpha value is -1.85. The van der Waals surface area contributed by atoms with E-state index in [0.717, 1.165) is 71.2 Å². The Morgan fingerprint density at radius 2 is 0.845 bits per heavy atom. The van der Waals surface area contributed by atoms with Crippen LogP contribution in [0.4, 0.5) is 4.79 Å². The Morgan fingerprint density at radius 1 is 0.448 bits per heavy atom. The summed E-state index contributed by atoms with van der Waals surface area (Å²) < 4.78 is 11.7. The summed E-state index contributed by atoms with van der Waals surface area (Å²) in [5.41, 5.74) is 0. The van der Waals surface area contributed by atoms with E-state index in [1.807, 2.05) is 0 Å². The van der Waals surface area contributed by atoms with E-state index in [2.05, 4.69) is 93.2 Å². The molecule has 5 heteroatoms. The van der Waals surface area contributed by atoms with E-state index in [-0.39, 0.29) is 6.10 Å². The van der Waals surface area contributed by atoms with Gasteiger partial charge in [0.1, 0.15) is 12.7 Å². The molecule has 0 saturated heterocycles. The molecule has 5 nitrogen and oxygen atoms in total. The molecule has 0 fully saturated rings. The van der Waals surface area contributed by atoms with Crippen molar-refractivity contribution in [2.45, 2.75) is 239 Å². The number of ether oxygens (including phenoxy) is 2. The van der Waals surface area contributed by atoms with Crippen LogP contribution in [0.1, 0.15) is 233 Å². The second-order valence-corrected chi connectivity index (χ2v) is 17.1. The number of allylic oxidation sites excluding steroid dienone is 8. The zero-order valence-corrected chi connectivity index (χ0v) is 39.7. The number of carbonyl (C=O) groups is 1. The van der Waals surface area contributed by atoms with Crippen LogP contribution < -0.4 is 0 Å². The molecule has 0 unspecified atom stereocenters. The van der Waals surface area contributed by atoms with Crippen molar-refractivity contribution in [3.8, 4) is 0 Å². The minimum Gasteiger partial charge on any atom is -0.433 e. The van der Waals surface area contributed by atoms with E-state index in [1.54, 1.807) is 0 Å². The third-order valence-corrected chi connectivity index (χ3v) is 11.5. The van der Waals surface area contributed by atoms with Crippen LogP contribution in [0.15, 0.2) is 48.6 Å². The molecule has 0 amide bonds. The molecule has 0 aliphatic rings. The Morgan fingerprint density at radius 3 is 1.31 bits per heavy atom. The highest BCUT2D eigenvalue weighted by molar-refractivity contribution is 5.60. The van der Waals surface area contributed by atoms with Crippen molar-refractivity contribution in [1.29, 1.82) is 0 Å². The summed E-state index contributed by atoms with van der Waals surface area (Å²) in [6.45, 7) is 14.4. The summed E-state index contributed by atoms with van der Waals surface area (Å²) in [5.74, 6) is 0. The quantitative estimate of drug-likeness (QED) is 0.0348. The normalized spacial score (nSPS) is 12.3. The second-order valence-electron chi connectivity index (χ2n) is 17.1. The first-order chi connectivity index (χ1) is 28.6. The van der Waals surface area contributed by atoms with E-state index in [0.29, 0.717) is 6.61 Å². The largest absolute Gasteiger partial charge is 0.508 e. The standard InChI is InChI=1S/C53H100N2O3/c1-6-10-13-16-19-21-23-25-27-29-31-33-35-37-39-42-45-52(46-43-40-38-36-34-32-30-28-26-24-22-20-17-14-11-7-2)58-53(56)57-51-50-55(49-48-54(5)9-4)47-44-41-18-15-12-8-3/h19-22,25-28,52H,6-18,23-24,29-51H2,1-5H3/b21-19-,22-20-,27-25-,28-26-. The van der Waals surface area contributed by atoms with Gasteiger partial charge in [-0.2, -0.15) is 0 Å². The number of hydrogen-bond acceptors (Lipinski definition) is 5. The lowest BCUT2D eigenvalue weighted by atomic mass is 10.0. The molecule has 0 radical (unpaired) electrons. The molecule has 0 atom stereocenters. The maximum atomic E-state index is 13.0. The highest BCUT2D eigenvalue weighted by Crippen LogP contribution is 2.18. The van der Waals surface area contributed by atoms with Gasteiger partial charge in [0.2, 0.25) is 0 Å². The van der Waals surface area contributed by atoms with Gasteiger partial charge >= 0.3 is 6.16 Å². The summed E-state index contributed by atoms with van der Waals surface area (Å²) in [4.78, 5) is 17.8. The Bertz CT molecular complexity index is 896. The molecule has 0 rings (SSSR count). The third kappa shape index (κ3) is 43.7. The molecule has 0 aromatic rings. The van der Waals surface area contributed by atoms with Crippen molar-refractivity contribution in [3.63, 3.8) is 0 Å². The molecule has 0 aromatic carbocycles. The topological polar surface area (TPSA) is 42.0 Å². The van der Waals surface area contributed by atoms with E-state index < -0.39 is 6.16 Å². The first kappa shape index (κ1) is 56.1. The maximum Gasteiger partial charge on any atom is 0.508 e. The lowest BCUT2D eigenvalue weighted by Gasteiger charge is -2.25. The zero-order chi connectivity index (χ0) is 42.3. The fourth-order valence-electron chi connectivity index (χ4n) is 7.33. The molecule has 0 aliphatic heterocycles. The summed E-state index contributed by atoms with van der Waals surface area (Å²) in [6, 6.07) is 0. The van der Waals surface area contributed by atoms with Crippen molar-refractivity contribution in [3.05, 3.63) is 48.6 Å². The van der Waals surface area contributed by atoms with E-state index >= 15 is 0 Å². The number of hydrogen-bond donors (Lipinski definition) is 0. The van der Waals surface area contributed by atoms with Crippen molar-refractivity contribution >= 4 is 6.16 Å². The summed E-state index contributed by atoms with van der Waals surface area (Å²) in [5, 5.41) is 0. The first-order valence-corrected chi connectivity index (χ1v) is 25.4. The van der Waals surface area contributed by atoms with Gasteiger partial charge in [-0.15, -0.1) is 0 Å². The van der Waals surface area contributed by atoms with E-state index in [4.69, 9.17) is 9.47 Å². The number of unbranched alkanes of at least 4 members (excludes halogenated alkanes) is 23. The molecule has 340 valence electrons. The predicted octanol–water partition coefficient (Wildman–Crippen LogP) is 16.5. The minimum absolute atomic E-state index is 0.0263. The highest BCUT2D eigenvalue weighted by atomic mass is 16.7. The van der Waals surface area contributed by atoms with Crippen LogP contribution in [0.2, 0.25) is 0 Å². The SMILES string of the molecule is CCCCC/C=C\C/C=C\CCCCCCCCC(CCCCCCCC/C=C\C/C=C\CCCCC)OC(=O)OCCN(CCCCCCCC)CCN(C)CC. The predicted molar refractivity (Wildman–Crippen MR) is 257 cm³/mol.